The number of fused-ring (bicyclic) bond motifs is 1. The average molecular weight is 307 g/mol. The first-order valence-corrected chi connectivity index (χ1v) is 8.06. The Morgan fingerprint density at radius 3 is 2.82 bits per heavy atom. The monoisotopic (exact) mass is 307 g/mol. The highest BCUT2D eigenvalue weighted by atomic mass is 16.5. The number of ether oxygens (including phenoxy) is 1. The molecule has 2 fully saturated rings. The quantitative estimate of drug-likeness (QED) is 0.825. The summed E-state index contributed by atoms with van der Waals surface area (Å²) in [6.45, 7) is 7.17. The zero-order chi connectivity index (χ0) is 15.7. The molecule has 0 bridgehead atoms. The van der Waals surface area contributed by atoms with Gasteiger partial charge in [0.05, 0.1) is 12.3 Å². The number of carbonyl (C=O) groups is 1. The molecule has 2 aliphatic rings. The molecule has 3 rings (SSSR count). The standard InChI is InChI=1S/C16H25N3O3/c1-11-13(12(2)22-17-11)10-18-7-6-15-14(18)4-5-16(20)19(15)8-9-21-3/h14-15H,4-10H2,1-3H3/t14-,15+/m0/s1. The average Bonchev–Trinajstić information content (AvgIpc) is 3.05. The van der Waals surface area contributed by atoms with E-state index in [2.05, 4.69) is 10.1 Å². The highest BCUT2D eigenvalue weighted by Gasteiger charge is 2.43. The molecule has 2 aliphatic heterocycles. The maximum Gasteiger partial charge on any atom is 0.223 e. The van der Waals surface area contributed by atoms with Crippen molar-refractivity contribution in [2.24, 2.45) is 0 Å². The van der Waals surface area contributed by atoms with Crippen molar-refractivity contribution >= 4 is 5.91 Å². The van der Waals surface area contributed by atoms with Gasteiger partial charge in [0, 0.05) is 50.8 Å². The molecule has 0 spiro atoms. The second kappa shape index (κ2) is 6.38. The number of methoxy groups -OCH3 is 1. The van der Waals surface area contributed by atoms with Gasteiger partial charge in [-0.3, -0.25) is 9.69 Å². The van der Waals surface area contributed by atoms with Crippen LogP contribution in [0.5, 0.6) is 0 Å². The molecule has 3 heterocycles. The molecule has 2 atom stereocenters. The Bertz CT molecular complexity index is 523. The topological polar surface area (TPSA) is 58.8 Å². The minimum atomic E-state index is 0.275. The van der Waals surface area contributed by atoms with Crippen LogP contribution in [0, 0.1) is 13.8 Å². The summed E-state index contributed by atoms with van der Waals surface area (Å²) < 4.78 is 10.4. The van der Waals surface area contributed by atoms with Gasteiger partial charge in [0.25, 0.3) is 0 Å². The highest BCUT2D eigenvalue weighted by Crippen LogP contribution is 2.33. The van der Waals surface area contributed by atoms with Gasteiger partial charge in [0.1, 0.15) is 5.76 Å². The molecule has 0 radical (unpaired) electrons. The number of piperidine rings is 1. The van der Waals surface area contributed by atoms with Gasteiger partial charge in [-0.05, 0) is 26.7 Å². The Morgan fingerprint density at radius 2 is 2.14 bits per heavy atom. The molecule has 1 amide bonds. The molecular weight excluding hydrogens is 282 g/mol. The third-order valence-corrected chi connectivity index (χ3v) is 5.08. The van der Waals surface area contributed by atoms with Crippen LogP contribution in [0.25, 0.3) is 0 Å². The largest absolute Gasteiger partial charge is 0.383 e. The zero-order valence-corrected chi connectivity index (χ0v) is 13.7. The number of hydrogen-bond donors (Lipinski definition) is 0. The van der Waals surface area contributed by atoms with Crippen molar-refractivity contribution in [3.8, 4) is 0 Å². The van der Waals surface area contributed by atoms with E-state index in [-0.39, 0.29) is 5.91 Å². The van der Waals surface area contributed by atoms with Crippen LogP contribution < -0.4 is 0 Å². The highest BCUT2D eigenvalue weighted by molar-refractivity contribution is 5.77. The van der Waals surface area contributed by atoms with E-state index in [0.717, 1.165) is 37.4 Å². The van der Waals surface area contributed by atoms with E-state index in [1.807, 2.05) is 18.7 Å². The Labute approximate surface area is 131 Å². The summed E-state index contributed by atoms with van der Waals surface area (Å²) in [5.41, 5.74) is 2.17. The summed E-state index contributed by atoms with van der Waals surface area (Å²) in [7, 11) is 1.68. The van der Waals surface area contributed by atoms with Gasteiger partial charge < -0.3 is 14.2 Å². The van der Waals surface area contributed by atoms with Gasteiger partial charge in [-0.15, -0.1) is 0 Å². The second-order valence-corrected chi connectivity index (χ2v) is 6.32. The van der Waals surface area contributed by atoms with Crippen LogP contribution in [0.4, 0.5) is 0 Å². The van der Waals surface area contributed by atoms with Crippen LogP contribution in [0.15, 0.2) is 4.52 Å². The summed E-state index contributed by atoms with van der Waals surface area (Å²) in [4.78, 5) is 16.7. The smallest absolute Gasteiger partial charge is 0.223 e. The Hall–Kier alpha value is -1.40. The molecule has 22 heavy (non-hydrogen) atoms. The van der Waals surface area contributed by atoms with Crippen molar-refractivity contribution in [3.63, 3.8) is 0 Å². The van der Waals surface area contributed by atoms with Gasteiger partial charge in [0.15, 0.2) is 0 Å². The maximum atomic E-state index is 12.2. The normalized spacial score (nSPS) is 25.8. The summed E-state index contributed by atoms with van der Waals surface area (Å²) in [6.07, 6.45) is 2.64. The second-order valence-electron chi connectivity index (χ2n) is 6.32. The number of likely N-dealkylation sites (tertiary alicyclic amines) is 2. The molecule has 122 valence electrons. The molecule has 2 saturated heterocycles. The number of nitrogens with zero attached hydrogens (tertiary/aromatic N) is 3. The Balaban J connectivity index is 1.71. The van der Waals surface area contributed by atoms with E-state index in [0.29, 0.717) is 31.7 Å². The fourth-order valence-electron chi connectivity index (χ4n) is 3.85. The van der Waals surface area contributed by atoms with Crippen molar-refractivity contribution in [1.29, 1.82) is 0 Å². The molecule has 0 unspecified atom stereocenters. The first kappa shape index (κ1) is 15.5. The predicted octanol–water partition coefficient (Wildman–Crippen LogP) is 1.50. The summed E-state index contributed by atoms with van der Waals surface area (Å²) in [6, 6.07) is 0.778. The lowest BCUT2D eigenvalue weighted by Crippen LogP contribution is -2.53. The van der Waals surface area contributed by atoms with E-state index >= 15 is 0 Å². The third kappa shape index (κ3) is 2.77. The first-order chi connectivity index (χ1) is 10.6. The molecule has 0 aliphatic carbocycles. The first-order valence-electron chi connectivity index (χ1n) is 8.06. The van der Waals surface area contributed by atoms with Crippen molar-refractivity contribution in [2.75, 3.05) is 26.8 Å². The van der Waals surface area contributed by atoms with E-state index in [1.165, 1.54) is 5.56 Å². The van der Waals surface area contributed by atoms with Gasteiger partial charge >= 0.3 is 0 Å². The molecule has 6 nitrogen and oxygen atoms in total. The summed E-state index contributed by atoms with van der Waals surface area (Å²) >= 11 is 0. The van der Waals surface area contributed by atoms with Crippen LogP contribution in [0.2, 0.25) is 0 Å². The van der Waals surface area contributed by atoms with Crippen LogP contribution >= 0.6 is 0 Å². The number of carbonyl (C=O) groups excluding carboxylic acids is 1. The lowest BCUT2D eigenvalue weighted by Gasteiger charge is -2.39. The van der Waals surface area contributed by atoms with Gasteiger partial charge in [-0.1, -0.05) is 5.16 Å². The molecule has 1 aromatic rings. The Morgan fingerprint density at radius 1 is 1.32 bits per heavy atom. The van der Waals surface area contributed by atoms with E-state index < -0.39 is 0 Å². The van der Waals surface area contributed by atoms with Gasteiger partial charge in [0.2, 0.25) is 5.91 Å². The molecule has 0 aromatic carbocycles. The third-order valence-electron chi connectivity index (χ3n) is 5.08. The fraction of sp³-hybridized carbons (Fsp3) is 0.750. The van der Waals surface area contributed by atoms with E-state index in [1.54, 1.807) is 7.11 Å². The van der Waals surface area contributed by atoms with Gasteiger partial charge in [-0.2, -0.15) is 0 Å². The Kier molecular flexibility index (Phi) is 4.49. The molecule has 6 heteroatoms. The van der Waals surface area contributed by atoms with E-state index in [9.17, 15) is 4.79 Å². The van der Waals surface area contributed by atoms with Crippen molar-refractivity contribution in [3.05, 3.63) is 17.0 Å². The minimum absolute atomic E-state index is 0.275. The lowest BCUT2D eigenvalue weighted by molar-refractivity contribution is -0.138. The number of aromatic nitrogens is 1. The van der Waals surface area contributed by atoms with Crippen LogP contribution in [-0.4, -0.2) is 59.8 Å². The van der Waals surface area contributed by atoms with Gasteiger partial charge in [-0.25, -0.2) is 0 Å². The zero-order valence-electron chi connectivity index (χ0n) is 13.7. The van der Waals surface area contributed by atoms with Crippen LogP contribution in [0.1, 0.15) is 36.3 Å². The number of amides is 1. The molecule has 0 N–H and O–H groups in total. The summed E-state index contributed by atoms with van der Waals surface area (Å²) in [5.74, 6) is 1.18. The van der Waals surface area contributed by atoms with Crippen LogP contribution in [0.3, 0.4) is 0 Å². The molecule has 0 saturated carbocycles. The molecular formula is C16H25N3O3. The SMILES string of the molecule is COCCN1C(=O)CC[C@H]2[C@H]1CCN2Cc1c(C)noc1C. The number of hydrogen-bond acceptors (Lipinski definition) is 5. The summed E-state index contributed by atoms with van der Waals surface area (Å²) in [5, 5.41) is 4.05. The van der Waals surface area contributed by atoms with Crippen molar-refractivity contribution in [1.82, 2.24) is 15.0 Å². The molecule has 1 aromatic heterocycles. The number of aryl methyl sites for hydroxylation is 2. The minimum Gasteiger partial charge on any atom is -0.383 e. The fourth-order valence-corrected chi connectivity index (χ4v) is 3.85. The number of rotatable bonds is 5. The lowest BCUT2D eigenvalue weighted by atomic mass is 9.96. The maximum absolute atomic E-state index is 12.2. The van der Waals surface area contributed by atoms with Crippen molar-refractivity contribution in [2.45, 2.75) is 51.7 Å². The van der Waals surface area contributed by atoms with Crippen molar-refractivity contribution < 1.29 is 14.1 Å². The predicted molar refractivity (Wildman–Crippen MR) is 81.4 cm³/mol. The van der Waals surface area contributed by atoms with Crippen LogP contribution in [-0.2, 0) is 16.1 Å². The van der Waals surface area contributed by atoms with E-state index in [4.69, 9.17) is 9.26 Å².